The molecule has 1 N–H and O–H groups in total. The number of hydrogen-bond donors (Lipinski definition) is 1. The summed E-state index contributed by atoms with van der Waals surface area (Å²) in [6.07, 6.45) is 0. The van der Waals surface area contributed by atoms with E-state index in [1.807, 2.05) is 20.8 Å². The van der Waals surface area contributed by atoms with Crippen LogP contribution in [-0.4, -0.2) is 44.8 Å². The average molecular weight is 337 g/mol. The van der Waals surface area contributed by atoms with E-state index in [0.717, 1.165) is 0 Å². The van der Waals surface area contributed by atoms with Crippen LogP contribution in [0.4, 0.5) is 5.69 Å². The molecule has 7 nitrogen and oxygen atoms in total. The molecule has 1 saturated heterocycles. The number of amides is 2. The number of nitrogens with one attached hydrogen (secondary N) is 1. The van der Waals surface area contributed by atoms with Gasteiger partial charge in [0.15, 0.2) is 0 Å². The maximum atomic E-state index is 12.7. The number of rotatable bonds is 3. The molecule has 0 unspecified atom stereocenters. The molecule has 0 saturated carbocycles. The van der Waals surface area contributed by atoms with Crippen LogP contribution in [0.15, 0.2) is 24.3 Å². The summed E-state index contributed by atoms with van der Waals surface area (Å²) in [5.41, 5.74) is -0.643. The number of carbonyl (C=O) groups excluding carboxylic acids is 2. The van der Waals surface area contributed by atoms with Crippen LogP contribution >= 0.6 is 11.8 Å². The Labute approximate surface area is 138 Å². The summed E-state index contributed by atoms with van der Waals surface area (Å²) in [5, 5.41) is 13.9. The van der Waals surface area contributed by atoms with Crippen LogP contribution in [0.1, 0.15) is 31.1 Å². The number of para-hydroxylation sites is 1. The largest absolute Gasteiger partial charge is 0.350 e. The summed E-state index contributed by atoms with van der Waals surface area (Å²) in [6, 6.07) is 5.18. The predicted octanol–water partition coefficient (Wildman–Crippen LogP) is 2.02. The lowest BCUT2D eigenvalue weighted by atomic mass is 10.1. The molecule has 23 heavy (non-hydrogen) atoms. The smallest absolute Gasteiger partial charge is 0.282 e. The molecule has 8 heteroatoms. The van der Waals surface area contributed by atoms with Crippen molar-refractivity contribution in [1.82, 2.24) is 10.2 Å². The van der Waals surface area contributed by atoms with Crippen LogP contribution in [0.3, 0.4) is 0 Å². The Morgan fingerprint density at radius 3 is 2.61 bits per heavy atom. The zero-order valence-corrected chi connectivity index (χ0v) is 14.1. The Morgan fingerprint density at radius 2 is 2.00 bits per heavy atom. The lowest BCUT2D eigenvalue weighted by Crippen LogP contribution is -2.52. The Morgan fingerprint density at radius 1 is 1.35 bits per heavy atom. The maximum Gasteiger partial charge on any atom is 0.282 e. The molecule has 1 aliphatic rings. The molecule has 124 valence electrons. The molecular formula is C15H19N3O4S. The van der Waals surface area contributed by atoms with Gasteiger partial charge in [-0.15, -0.1) is 11.8 Å². The van der Waals surface area contributed by atoms with Gasteiger partial charge in [0.2, 0.25) is 5.91 Å². The van der Waals surface area contributed by atoms with E-state index in [0.29, 0.717) is 11.6 Å². The second kappa shape index (κ2) is 6.57. The maximum absolute atomic E-state index is 12.7. The van der Waals surface area contributed by atoms with Crippen LogP contribution in [0, 0.1) is 10.1 Å². The third-order valence-electron chi connectivity index (χ3n) is 3.28. The van der Waals surface area contributed by atoms with Gasteiger partial charge in [0.1, 0.15) is 11.6 Å². The molecule has 1 aromatic carbocycles. The van der Waals surface area contributed by atoms with Gasteiger partial charge in [-0.25, -0.2) is 0 Å². The Hall–Kier alpha value is -2.09. The van der Waals surface area contributed by atoms with E-state index in [1.165, 1.54) is 34.9 Å². The highest BCUT2D eigenvalue weighted by Crippen LogP contribution is 2.27. The molecule has 0 spiro atoms. The molecular weight excluding hydrogens is 318 g/mol. The second-order valence-corrected chi connectivity index (χ2v) is 7.30. The van der Waals surface area contributed by atoms with Gasteiger partial charge in [0.05, 0.1) is 10.8 Å². The van der Waals surface area contributed by atoms with Crippen molar-refractivity contribution >= 4 is 29.3 Å². The number of nitro groups is 1. The van der Waals surface area contributed by atoms with Crippen LogP contribution < -0.4 is 5.32 Å². The molecule has 0 aliphatic carbocycles. The summed E-state index contributed by atoms with van der Waals surface area (Å²) >= 11 is 1.46. The zero-order chi connectivity index (χ0) is 17.2. The monoisotopic (exact) mass is 337 g/mol. The minimum Gasteiger partial charge on any atom is -0.350 e. The second-order valence-electron chi connectivity index (χ2n) is 6.30. The van der Waals surface area contributed by atoms with E-state index in [-0.39, 0.29) is 17.2 Å². The van der Waals surface area contributed by atoms with Crippen LogP contribution in [0.2, 0.25) is 0 Å². The molecule has 1 atom stereocenters. The highest BCUT2D eigenvalue weighted by atomic mass is 32.2. The van der Waals surface area contributed by atoms with E-state index < -0.39 is 22.4 Å². The summed E-state index contributed by atoms with van der Waals surface area (Å²) in [6.45, 7) is 5.59. The van der Waals surface area contributed by atoms with Gasteiger partial charge in [-0.2, -0.15) is 0 Å². The van der Waals surface area contributed by atoms with Crippen molar-refractivity contribution in [3.05, 3.63) is 39.9 Å². The first-order chi connectivity index (χ1) is 10.7. The first-order valence-electron chi connectivity index (χ1n) is 7.15. The summed E-state index contributed by atoms with van der Waals surface area (Å²) in [4.78, 5) is 37.0. The molecule has 0 aromatic heterocycles. The predicted molar refractivity (Wildman–Crippen MR) is 88.3 cm³/mol. The number of hydrogen-bond acceptors (Lipinski definition) is 5. The Kier molecular flexibility index (Phi) is 4.93. The van der Waals surface area contributed by atoms with Crippen molar-refractivity contribution in [3.8, 4) is 0 Å². The third kappa shape index (κ3) is 4.01. The number of benzene rings is 1. The number of thioether (sulfide) groups is 1. The third-order valence-corrected chi connectivity index (χ3v) is 4.29. The summed E-state index contributed by atoms with van der Waals surface area (Å²) in [5.74, 6) is 0.0901. The van der Waals surface area contributed by atoms with E-state index in [1.54, 1.807) is 6.07 Å². The minimum atomic E-state index is -0.619. The quantitative estimate of drug-likeness (QED) is 0.673. The minimum absolute atomic E-state index is 0.00792. The van der Waals surface area contributed by atoms with Gasteiger partial charge in [0.25, 0.3) is 11.6 Å². The fraction of sp³-hybridized carbons (Fsp3) is 0.467. The SMILES string of the molecule is CC(C)(C)NC(=O)[C@H]1CSCN1C(=O)c1ccccc1[N+](=O)[O-]. The van der Waals surface area contributed by atoms with Crippen molar-refractivity contribution < 1.29 is 14.5 Å². The van der Waals surface area contributed by atoms with Gasteiger partial charge >= 0.3 is 0 Å². The van der Waals surface area contributed by atoms with Crippen molar-refractivity contribution in [2.75, 3.05) is 11.6 Å². The summed E-state index contributed by atoms with van der Waals surface area (Å²) in [7, 11) is 0. The van der Waals surface area contributed by atoms with E-state index in [2.05, 4.69) is 5.32 Å². The lowest BCUT2D eigenvalue weighted by molar-refractivity contribution is -0.385. The van der Waals surface area contributed by atoms with E-state index in [4.69, 9.17) is 0 Å². The van der Waals surface area contributed by atoms with Crippen molar-refractivity contribution in [2.45, 2.75) is 32.4 Å². The van der Waals surface area contributed by atoms with Crippen LogP contribution in [0.25, 0.3) is 0 Å². The van der Waals surface area contributed by atoms with Crippen molar-refractivity contribution in [2.24, 2.45) is 0 Å². The van der Waals surface area contributed by atoms with Gasteiger partial charge < -0.3 is 10.2 Å². The zero-order valence-electron chi connectivity index (χ0n) is 13.2. The number of nitrogens with zero attached hydrogens (tertiary/aromatic N) is 2. The summed E-state index contributed by atoms with van der Waals surface area (Å²) < 4.78 is 0. The van der Waals surface area contributed by atoms with E-state index in [9.17, 15) is 19.7 Å². The van der Waals surface area contributed by atoms with Crippen LogP contribution in [0.5, 0.6) is 0 Å². The highest BCUT2D eigenvalue weighted by Gasteiger charge is 2.38. The molecule has 2 amide bonds. The molecule has 1 fully saturated rings. The van der Waals surface area contributed by atoms with Gasteiger partial charge in [-0.1, -0.05) is 12.1 Å². The molecule has 1 heterocycles. The Bertz CT molecular complexity index is 642. The van der Waals surface area contributed by atoms with E-state index >= 15 is 0 Å². The van der Waals surface area contributed by atoms with Gasteiger partial charge in [-0.05, 0) is 26.8 Å². The highest BCUT2D eigenvalue weighted by molar-refractivity contribution is 7.99. The fourth-order valence-electron chi connectivity index (χ4n) is 2.28. The first kappa shape index (κ1) is 17.3. The standard InChI is InChI=1S/C15H19N3O4S/c1-15(2,3)16-13(19)12-8-23-9-17(12)14(20)10-6-4-5-7-11(10)18(21)22/h4-7,12H,8-9H2,1-3H3,(H,16,19)/t12-/m1/s1. The average Bonchev–Trinajstić information content (AvgIpc) is 2.94. The van der Waals surface area contributed by atoms with Gasteiger partial charge in [0, 0.05) is 17.4 Å². The Balaban J connectivity index is 2.25. The van der Waals surface area contributed by atoms with Crippen molar-refractivity contribution in [1.29, 1.82) is 0 Å². The number of carbonyl (C=O) groups is 2. The fourth-order valence-corrected chi connectivity index (χ4v) is 3.44. The molecule has 0 radical (unpaired) electrons. The normalized spacial score (nSPS) is 17.9. The molecule has 1 aromatic rings. The number of nitro benzene ring substituents is 1. The molecule has 0 bridgehead atoms. The van der Waals surface area contributed by atoms with Crippen LogP contribution in [-0.2, 0) is 4.79 Å². The van der Waals surface area contributed by atoms with Crippen molar-refractivity contribution in [3.63, 3.8) is 0 Å². The topological polar surface area (TPSA) is 92.6 Å². The first-order valence-corrected chi connectivity index (χ1v) is 8.30. The lowest BCUT2D eigenvalue weighted by Gasteiger charge is -2.27. The molecule has 1 aliphatic heterocycles. The molecule has 2 rings (SSSR count). The van der Waals surface area contributed by atoms with Gasteiger partial charge in [-0.3, -0.25) is 19.7 Å².